The zero-order chi connectivity index (χ0) is 11.8. The summed E-state index contributed by atoms with van der Waals surface area (Å²) in [6.45, 7) is 1.85. The lowest BCUT2D eigenvalue weighted by atomic mass is 10.1. The molecule has 0 N–H and O–H groups in total. The van der Waals surface area contributed by atoms with Crippen LogP contribution in [0.1, 0.15) is 5.56 Å². The monoisotopic (exact) mass is 310 g/mol. The average molecular weight is 311 g/mol. The smallest absolute Gasteiger partial charge is 0.168 e. The zero-order valence-electron chi connectivity index (χ0n) is 9.31. The zero-order valence-corrected chi connectivity index (χ0v) is 11.7. The van der Waals surface area contributed by atoms with Crippen molar-refractivity contribution in [3.05, 3.63) is 33.6 Å². The van der Waals surface area contributed by atoms with Gasteiger partial charge in [-0.1, -0.05) is 27.7 Å². The Kier molecular flexibility index (Phi) is 2.88. The molecule has 1 aromatic carbocycles. The van der Waals surface area contributed by atoms with Crippen LogP contribution < -0.4 is 4.74 Å². The minimum absolute atomic E-state index is 0.885. The van der Waals surface area contributed by atoms with Crippen molar-refractivity contribution in [1.82, 2.24) is 4.90 Å². The predicted octanol–water partition coefficient (Wildman–Crippen LogP) is 3.17. The summed E-state index contributed by atoms with van der Waals surface area (Å²) in [5.74, 6) is 0.896. The van der Waals surface area contributed by atoms with Crippen molar-refractivity contribution in [3.8, 4) is 5.75 Å². The number of methoxy groups -OCH3 is 1. The Balaban J connectivity index is 2.04. The van der Waals surface area contributed by atoms with Gasteiger partial charge in [-0.25, -0.2) is 0 Å². The Morgan fingerprint density at radius 3 is 3.18 bits per heavy atom. The summed E-state index contributed by atoms with van der Waals surface area (Å²) in [4.78, 5) is 6.70. The molecule has 0 spiro atoms. The summed E-state index contributed by atoms with van der Waals surface area (Å²) >= 11 is 5.19. The number of benzene rings is 1. The Bertz CT molecular complexity index is 527. The van der Waals surface area contributed by atoms with Gasteiger partial charge in [0.25, 0.3) is 0 Å². The highest BCUT2D eigenvalue weighted by Crippen LogP contribution is 2.39. The van der Waals surface area contributed by atoms with Crippen molar-refractivity contribution in [2.75, 3.05) is 20.2 Å². The minimum Gasteiger partial charge on any atom is -0.496 e. The van der Waals surface area contributed by atoms with E-state index in [0.717, 1.165) is 34.0 Å². The van der Waals surface area contributed by atoms with E-state index in [-0.39, 0.29) is 0 Å². The molecule has 0 atom stereocenters. The van der Waals surface area contributed by atoms with Crippen LogP contribution >= 0.6 is 27.7 Å². The van der Waals surface area contributed by atoms with Gasteiger partial charge in [-0.3, -0.25) is 4.99 Å². The molecule has 2 aliphatic rings. The van der Waals surface area contributed by atoms with Crippen LogP contribution in [-0.4, -0.2) is 30.3 Å². The van der Waals surface area contributed by atoms with Gasteiger partial charge in [0, 0.05) is 22.0 Å². The molecule has 0 aliphatic carbocycles. The maximum atomic E-state index is 5.42. The van der Waals surface area contributed by atoms with Crippen LogP contribution in [0.2, 0.25) is 0 Å². The summed E-state index contributed by atoms with van der Waals surface area (Å²) < 4.78 is 6.48. The van der Waals surface area contributed by atoms with Gasteiger partial charge < -0.3 is 9.64 Å². The third-order valence-electron chi connectivity index (χ3n) is 2.81. The van der Waals surface area contributed by atoms with E-state index in [1.54, 1.807) is 18.9 Å². The summed E-state index contributed by atoms with van der Waals surface area (Å²) in [7, 11) is 1.70. The number of rotatable bonds is 2. The summed E-state index contributed by atoms with van der Waals surface area (Å²) in [5, 5.41) is 3.24. The first-order valence-corrected chi connectivity index (χ1v) is 6.99. The molecular weight excluding hydrogens is 300 g/mol. The number of thioether (sulfide) groups is 1. The largest absolute Gasteiger partial charge is 0.496 e. The number of hydrogen-bond donors (Lipinski definition) is 0. The molecular formula is C12H11BrN2OS. The lowest BCUT2D eigenvalue weighted by molar-refractivity contribution is 0.412. The SMILES string of the molecule is COc1ccc(Br)cc1C1=CSC2=NCCN12. The van der Waals surface area contributed by atoms with Crippen LogP contribution in [0.15, 0.2) is 33.1 Å². The molecule has 0 aromatic heterocycles. The molecule has 2 heterocycles. The highest BCUT2D eigenvalue weighted by atomic mass is 79.9. The van der Waals surface area contributed by atoms with E-state index >= 15 is 0 Å². The molecule has 0 radical (unpaired) electrons. The Labute approximate surface area is 113 Å². The Morgan fingerprint density at radius 2 is 2.35 bits per heavy atom. The van der Waals surface area contributed by atoms with E-state index in [2.05, 4.69) is 37.3 Å². The fourth-order valence-electron chi connectivity index (χ4n) is 2.01. The normalized spacial score (nSPS) is 17.9. The van der Waals surface area contributed by atoms with Gasteiger partial charge in [0.2, 0.25) is 0 Å². The standard InChI is InChI=1S/C12H11BrN2OS/c1-16-11-3-2-8(13)6-9(11)10-7-17-12-14-4-5-15(10)12/h2-3,6-7H,4-5H2,1H3. The molecule has 0 amide bonds. The third-order valence-corrected chi connectivity index (χ3v) is 4.20. The number of amidine groups is 1. The molecule has 5 heteroatoms. The molecule has 3 rings (SSSR count). The van der Waals surface area contributed by atoms with Gasteiger partial charge in [0.15, 0.2) is 5.17 Å². The molecule has 0 unspecified atom stereocenters. The molecule has 0 bridgehead atoms. The highest BCUT2D eigenvalue weighted by Gasteiger charge is 2.28. The first-order valence-electron chi connectivity index (χ1n) is 5.32. The summed E-state index contributed by atoms with van der Waals surface area (Å²) in [5.41, 5.74) is 2.30. The Hall–Kier alpha value is -0.940. The molecule has 88 valence electrons. The van der Waals surface area contributed by atoms with E-state index < -0.39 is 0 Å². The van der Waals surface area contributed by atoms with E-state index in [1.165, 1.54) is 5.70 Å². The molecule has 3 nitrogen and oxygen atoms in total. The number of hydrogen-bond acceptors (Lipinski definition) is 4. The summed E-state index contributed by atoms with van der Waals surface area (Å²) in [6.07, 6.45) is 0. The average Bonchev–Trinajstić information content (AvgIpc) is 2.90. The van der Waals surface area contributed by atoms with Crippen molar-refractivity contribution in [2.24, 2.45) is 4.99 Å². The Morgan fingerprint density at radius 1 is 1.47 bits per heavy atom. The first-order chi connectivity index (χ1) is 8.29. The van der Waals surface area contributed by atoms with Crippen LogP contribution in [0.3, 0.4) is 0 Å². The lowest BCUT2D eigenvalue weighted by Crippen LogP contribution is -2.20. The van der Waals surface area contributed by atoms with Gasteiger partial charge in [-0.2, -0.15) is 0 Å². The number of halogens is 1. The van der Waals surface area contributed by atoms with E-state index in [9.17, 15) is 0 Å². The molecule has 17 heavy (non-hydrogen) atoms. The molecule has 2 aliphatic heterocycles. The van der Waals surface area contributed by atoms with Crippen molar-refractivity contribution >= 4 is 38.6 Å². The first kappa shape index (κ1) is 11.2. The van der Waals surface area contributed by atoms with Gasteiger partial charge >= 0.3 is 0 Å². The van der Waals surface area contributed by atoms with Crippen molar-refractivity contribution in [3.63, 3.8) is 0 Å². The van der Waals surface area contributed by atoms with Crippen LogP contribution in [-0.2, 0) is 0 Å². The molecule has 0 saturated carbocycles. The van der Waals surface area contributed by atoms with Crippen LogP contribution in [0, 0.1) is 0 Å². The second-order valence-electron chi connectivity index (χ2n) is 3.78. The lowest BCUT2D eigenvalue weighted by Gasteiger charge is -2.18. The maximum Gasteiger partial charge on any atom is 0.168 e. The predicted molar refractivity (Wildman–Crippen MR) is 75.3 cm³/mol. The second kappa shape index (κ2) is 4.38. The number of fused-ring (bicyclic) bond motifs is 1. The third kappa shape index (κ3) is 1.87. The fraction of sp³-hybridized carbons (Fsp3) is 0.250. The maximum absolute atomic E-state index is 5.42. The van der Waals surface area contributed by atoms with Crippen molar-refractivity contribution in [1.29, 1.82) is 0 Å². The number of nitrogens with zero attached hydrogens (tertiary/aromatic N) is 2. The number of ether oxygens (including phenoxy) is 1. The van der Waals surface area contributed by atoms with Gasteiger partial charge in [-0.05, 0) is 18.2 Å². The van der Waals surface area contributed by atoms with Gasteiger partial charge in [-0.15, -0.1) is 0 Å². The highest BCUT2D eigenvalue weighted by molar-refractivity contribution is 9.10. The molecule has 0 saturated heterocycles. The van der Waals surface area contributed by atoms with Gasteiger partial charge in [0.1, 0.15) is 5.75 Å². The van der Waals surface area contributed by atoms with Gasteiger partial charge in [0.05, 0.1) is 19.4 Å². The van der Waals surface area contributed by atoms with Crippen LogP contribution in [0.25, 0.3) is 5.70 Å². The quantitative estimate of drug-likeness (QED) is 0.838. The number of aliphatic imine (C=N–C) groups is 1. The van der Waals surface area contributed by atoms with E-state index in [1.807, 2.05) is 12.1 Å². The topological polar surface area (TPSA) is 24.8 Å². The van der Waals surface area contributed by atoms with E-state index in [4.69, 9.17) is 4.74 Å². The second-order valence-corrected chi connectivity index (χ2v) is 5.53. The fourth-order valence-corrected chi connectivity index (χ4v) is 3.33. The van der Waals surface area contributed by atoms with Crippen LogP contribution in [0.5, 0.6) is 5.75 Å². The molecule has 1 aromatic rings. The minimum atomic E-state index is 0.885. The van der Waals surface area contributed by atoms with Crippen molar-refractivity contribution < 1.29 is 4.74 Å². The van der Waals surface area contributed by atoms with Crippen LogP contribution in [0.4, 0.5) is 0 Å². The molecule has 0 fully saturated rings. The van der Waals surface area contributed by atoms with E-state index in [0.29, 0.717) is 0 Å². The summed E-state index contributed by atoms with van der Waals surface area (Å²) in [6, 6.07) is 6.06. The van der Waals surface area contributed by atoms with Crippen molar-refractivity contribution in [2.45, 2.75) is 0 Å².